The summed E-state index contributed by atoms with van der Waals surface area (Å²) in [5.41, 5.74) is 2.15. The molecule has 0 unspecified atom stereocenters. The van der Waals surface area contributed by atoms with Crippen molar-refractivity contribution in [2.45, 2.75) is 6.42 Å². The molecule has 8 nitrogen and oxygen atoms in total. The number of carbonyl (C=O) groups is 3. The number of H-pyrrole nitrogens is 1. The van der Waals surface area contributed by atoms with Gasteiger partial charge in [-0.25, -0.2) is 4.98 Å². The third-order valence-electron chi connectivity index (χ3n) is 4.76. The molecule has 0 spiro atoms. The lowest BCUT2D eigenvalue weighted by Gasteiger charge is -2.37. The number of benzene rings is 1. The molecule has 144 valence electrons. The van der Waals surface area contributed by atoms with Gasteiger partial charge in [-0.1, -0.05) is 18.2 Å². The van der Waals surface area contributed by atoms with Gasteiger partial charge in [0.05, 0.1) is 23.6 Å². The van der Waals surface area contributed by atoms with E-state index in [4.69, 9.17) is 0 Å². The minimum atomic E-state index is -0.263. The Labute approximate surface area is 164 Å². The highest BCUT2D eigenvalue weighted by molar-refractivity contribution is 7.13. The van der Waals surface area contributed by atoms with Gasteiger partial charge >= 0.3 is 0 Å². The SMILES string of the molecule is CNC(=O)Cc1csc(NC(=O)C2CN(C(=O)c3c[nH]c4ccccc34)C2)n1. The molecule has 0 atom stereocenters. The number of hydrogen-bond acceptors (Lipinski definition) is 5. The molecule has 0 aliphatic carbocycles. The van der Waals surface area contributed by atoms with Crippen LogP contribution >= 0.6 is 11.3 Å². The molecule has 28 heavy (non-hydrogen) atoms. The number of thiazole rings is 1. The fraction of sp³-hybridized carbons (Fsp3) is 0.263. The van der Waals surface area contributed by atoms with Gasteiger partial charge in [-0.2, -0.15) is 0 Å². The van der Waals surface area contributed by atoms with Gasteiger partial charge in [0, 0.05) is 42.6 Å². The van der Waals surface area contributed by atoms with Crippen LogP contribution in [0.2, 0.25) is 0 Å². The number of likely N-dealkylation sites (tertiary alicyclic amines) is 1. The lowest BCUT2D eigenvalue weighted by atomic mass is 9.98. The molecule has 9 heteroatoms. The Bertz CT molecular complexity index is 1050. The maximum atomic E-state index is 12.7. The molecule has 3 N–H and O–H groups in total. The van der Waals surface area contributed by atoms with E-state index in [2.05, 4.69) is 20.6 Å². The summed E-state index contributed by atoms with van der Waals surface area (Å²) in [7, 11) is 1.57. The van der Waals surface area contributed by atoms with Crippen LogP contribution in [0, 0.1) is 5.92 Å². The van der Waals surface area contributed by atoms with Crippen molar-refractivity contribution in [3.05, 3.63) is 47.1 Å². The summed E-state index contributed by atoms with van der Waals surface area (Å²) in [6.07, 6.45) is 1.89. The van der Waals surface area contributed by atoms with Crippen LogP contribution in [0.3, 0.4) is 0 Å². The summed E-state index contributed by atoms with van der Waals surface area (Å²) in [6, 6.07) is 7.63. The topological polar surface area (TPSA) is 107 Å². The zero-order valence-corrected chi connectivity index (χ0v) is 16.0. The molecule has 3 amide bonds. The van der Waals surface area contributed by atoms with Crippen LogP contribution in [0.25, 0.3) is 10.9 Å². The monoisotopic (exact) mass is 397 g/mol. The zero-order chi connectivity index (χ0) is 19.7. The minimum Gasteiger partial charge on any atom is -0.360 e. The fourth-order valence-corrected chi connectivity index (χ4v) is 3.85. The van der Waals surface area contributed by atoms with Gasteiger partial charge in [-0.05, 0) is 6.07 Å². The second kappa shape index (κ2) is 7.43. The first kappa shape index (κ1) is 18.2. The first-order chi connectivity index (χ1) is 13.5. The van der Waals surface area contributed by atoms with Gasteiger partial charge in [0.25, 0.3) is 5.91 Å². The molecular formula is C19H19N5O3S. The predicted molar refractivity (Wildman–Crippen MR) is 106 cm³/mol. The van der Waals surface area contributed by atoms with Crippen LogP contribution in [0.1, 0.15) is 16.1 Å². The summed E-state index contributed by atoms with van der Waals surface area (Å²) in [5, 5.41) is 8.40. The molecule has 3 aromatic rings. The molecule has 0 bridgehead atoms. The number of carbonyl (C=O) groups excluding carboxylic acids is 3. The second-order valence-corrected chi connectivity index (χ2v) is 7.50. The predicted octanol–water partition coefficient (Wildman–Crippen LogP) is 1.62. The first-order valence-corrected chi connectivity index (χ1v) is 9.74. The molecule has 3 heterocycles. The van der Waals surface area contributed by atoms with Crippen molar-refractivity contribution in [3.8, 4) is 0 Å². The number of aromatic nitrogens is 2. The Hall–Kier alpha value is -3.20. The minimum absolute atomic E-state index is 0.0800. The highest BCUT2D eigenvalue weighted by atomic mass is 32.1. The summed E-state index contributed by atoms with van der Waals surface area (Å²) in [4.78, 5) is 45.5. The highest BCUT2D eigenvalue weighted by Crippen LogP contribution is 2.25. The van der Waals surface area contributed by atoms with Crippen molar-refractivity contribution in [1.29, 1.82) is 0 Å². The molecule has 0 saturated carbocycles. The molecule has 0 radical (unpaired) electrons. The van der Waals surface area contributed by atoms with Crippen LogP contribution in [0.15, 0.2) is 35.8 Å². The van der Waals surface area contributed by atoms with Crippen LogP contribution in [0.4, 0.5) is 5.13 Å². The number of para-hydroxylation sites is 1. The van der Waals surface area contributed by atoms with E-state index >= 15 is 0 Å². The van der Waals surface area contributed by atoms with E-state index in [1.807, 2.05) is 24.3 Å². The number of hydrogen-bond donors (Lipinski definition) is 3. The molecule has 1 saturated heterocycles. The molecule has 1 aliphatic rings. The largest absolute Gasteiger partial charge is 0.360 e. The quantitative estimate of drug-likeness (QED) is 0.608. The Balaban J connectivity index is 1.33. The van der Waals surface area contributed by atoms with Crippen molar-refractivity contribution < 1.29 is 14.4 Å². The summed E-state index contributed by atoms with van der Waals surface area (Å²) >= 11 is 1.28. The number of fused-ring (bicyclic) bond motifs is 1. The van der Waals surface area contributed by atoms with E-state index in [1.165, 1.54) is 11.3 Å². The lowest BCUT2D eigenvalue weighted by molar-refractivity contribution is -0.123. The fourth-order valence-electron chi connectivity index (χ4n) is 3.13. The summed E-state index contributed by atoms with van der Waals surface area (Å²) in [5.74, 6) is -0.638. The molecule has 1 fully saturated rings. The maximum Gasteiger partial charge on any atom is 0.256 e. The molecule has 1 aliphatic heterocycles. The van der Waals surface area contributed by atoms with Gasteiger partial charge in [-0.3, -0.25) is 14.4 Å². The molecule has 4 rings (SSSR count). The Morgan fingerprint density at radius 1 is 1.29 bits per heavy atom. The normalized spacial score (nSPS) is 14.0. The number of amides is 3. The Morgan fingerprint density at radius 2 is 2.07 bits per heavy atom. The van der Waals surface area contributed by atoms with Gasteiger partial charge in [-0.15, -0.1) is 11.3 Å². The zero-order valence-electron chi connectivity index (χ0n) is 15.2. The van der Waals surface area contributed by atoms with Crippen LogP contribution in [-0.4, -0.2) is 52.7 Å². The van der Waals surface area contributed by atoms with E-state index in [1.54, 1.807) is 23.5 Å². The van der Waals surface area contributed by atoms with Crippen molar-refractivity contribution in [2.24, 2.45) is 5.92 Å². The van der Waals surface area contributed by atoms with Crippen LogP contribution in [-0.2, 0) is 16.0 Å². The standard InChI is InChI=1S/C19H19N5O3S/c1-20-16(25)6-12-10-28-19(22-12)23-17(26)11-8-24(9-11)18(27)14-7-21-15-5-3-2-4-13(14)15/h2-5,7,10-11,21H,6,8-9H2,1H3,(H,20,25)(H,22,23,26). The van der Waals surface area contributed by atoms with Crippen LogP contribution < -0.4 is 10.6 Å². The number of anilines is 1. The number of nitrogens with one attached hydrogen (secondary N) is 3. The Morgan fingerprint density at radius 3 is 2.86 bits per heavy atom. The third kappa shape index (κ3) is 3.48. The third-order valence-corrected chi connectivity index (χ3v) is 5.57. The van der Waals surface area contributed by atoms with Gasteiger partial charge < -0.3 is 20.5 Å². The second-order valence-electron chi connectivity index (χ2n) is 6.64. The van der Waals surface area contributed by atoms with E-state index in [-0.39, 0.29) is 30.1 Å². The van der Waals surface area contributed by atoms with Gasteiger partial charge in [0.1, 0.15) is 0 Å². The highest BCUT2D eigenvalue weighted by Gasteiger charge is 2.37. The number of likely N-dealkylation sites (N-methyl/N-ethyl adjacent to an activating group) is 1. The van der Waals surface area contributed by atoms with Crippen molar-refractivity contribution in [2.75, 3.05) is 25.5 Å². The smallest absolute Gasteiger partial charge is 0.256 e. The van der Waals surface area contributed by atoms with Crippen LogP contribution in [0.5, 0.6) is 0 Å². The van der Waals surface area contributed by atoms with Crippen molar-refractivity contribution in [3.63, 3.8) is 0 Å². The van der Waals surface area contributed by atoms with E-state index < -0.39 is 0 Å². The summed E-state index contributed by atoms with van der Waals surface area (Å²) < 4.78 is 0. The molecular weight excluding hydrogens is 378 g/mol. The average molecular weight is 397 g/mol. The van der Waals surface area contributed by atoms with E-state index in [0.29, 0.717) is 29.5 Å². The van der Waals surface area contributed by atoms with Crippen molar-refractivity contribution >= 4 is 45.1 Å². The summed E-state index contributed by atoms with van der Waals surface area (Å²) in [6.45, 7) is 0.751. The lowest BCUT2D eigenvalue weighted by Crippen LogP contribution is -2.54. The first-order valence-electron chi connectivity index (χ1n) is 8.86. The average Bonchev–Trinajstić information content (AvgIpc) is 3.27. The molecule has 1 aromatic carbocycles. The number of nitrogens with zero attached hydrogens (tertiary/aromatic N) is 2. The Kier molecular flexibility index (Phi) is 4.82. The van der Waals surface area contributed by atoms with Gasteiger partial charge in [0.15, 0.2) is 5.13 Å². The number of rotatable bonds is 5. The van der Waals surface area contributed by atoms with Crippen molar-refractivity contribution in [1.82, 2.24) is 20.2 Å². The van der Waals surface area contributed by atoms with Gasteiger partial charge in [0.2, 0.25) is 11.8 Å². The van der Waals surface area contributed by atoms with E-state index in [9.17, 15) is 14.4 Å². The number of aromatic amines is 1. The molecule has 2 aromatic heterocycles. The maximum absolute atomic E-state index is 12.7. The van der Waals surface area contributed by atoms with E-state index in [0.717, 1.165) is 10.9 Å².